The Hall–Kier alpha value is -3.60. The van der Waals surface area contributed by atoms with Crippen molar-refractivity contribution in [3.8, 4) is 0 Å². The molecule has 0 aliphatic carbocycles. The number of nitrogens with zero attached hydrogens (tertiary/aromatic N) is 2. The van der Waals surface area contributed by atoms with Crippen LogP contribution in [0.5, 0.6) is 0 Å². The van der Waals surface area contributed by atoms with E-state index in [4.69, 9.17) is 14.6 Å². The van der Waals surface area contributed by atoms with Crippen molar-refractivity contribution in [3.63, 3.8) is 0 Å². The number of hydrogen-bond donors (Lipinski definition) is 3. The Bertz CT molecular complexity index is 1310. The molecule has 2 aliphatic heterocycles. The number of ether oxygens (including phenoxy) is 2. The maximum absolute atomic E-state index is 12.2. The van der Waals surface area contributed by atoms with Crippen molar-refractivity contribution in [1.29, 1.82) is 0 Å². The van der Waals surface area contributed by atoms with Crippen LogP contribution in [0.15, 0.2) is 78.9 Å². The van der Waals surface area contributed by atoms with Crippen molar-refractivity contribution in [2.45, 2.75) is 57.3 Å². The van der Waals surface area contributed by atoms with E-state index < -0.39 is 12.3 Å². The van der Waals surface area contributed by atoms with Crippen LogP contribution in [0.1, 0.15) is 60.3 Å². The van der Waals surface area contributed by atoms with Crippen LogP contribution < -0.4 is 5.32 Å². The van der Waals surface area contributed by atoms with Gasteiger partial charge in [-0.15, -0.1) is 0 Å². The number of aliphatic carboxylic acids is 1. The minimum absolute atomic E-state index is 0.00113. The fourth-order valence-electron chi connectivity index (χ4n) is 5.64. The van der Waals surface area contributed by atoms with Gasteiger partial charge in [-0.2, -0.15) is 0 Å². The highest BCUT2D eigenvalue weighted by atomic mass is 16.7. The first-order valence-corrected chi connectivity index (χ1v) is 15.1. The van der Waals surface area contributed by atoms with Gasteiger partial charge in [-0.3, -0.25) is 19.4 Å². The molecule has 5 rings (SSSR count). The Labute approximate surface area is 253 Å². The van der Waals surface area contributed by atoms with E-state index in [2.05, 4.69) is 45.4 Å². The van der Waals surface area contributed by atoms with E-state index in [-0.39, 0.29) is 37.6 Å². The molecule has 9 nitrogen and oxygen atoms in total. The van der Waals surface area contributed by atoms with Gasteiger partial charge < -0.3 is 25.0 Å². The average Bonchev–Trinajstić information content (AvgIpc) is 3.02. The van der Waals surface area contributed by atoms with E-state index in [9.17, 15) is 14.7 Å². The molecule has 2 aliphatic rings. The Morgan fingerprint density at radius 3 is 2.14 bits per heavy atom. The van der Waals surface area contributed by atoms with Gasteiger partial charge in [-0.25, -0.2) is 0 Å². The molecule has 2 saturated heterocycles. The van der Waals surface area contributed by atoms with Crippen molar-refractivity contribution in [1.82, 2.24) is 9.80 Å². The number of nitrogens with one attached hydrogen (secondary N) is 1. The van der Waals surface area contributed by atoms with E-state index >= 15 is 0 Å². The summed E-state index contributed by atoms with van der Waals surface area (Å²) in [5.41, 5.74) is 4.75. The number of carboxylic acids is 1. The van der Waals surface area contributed by atoms with Gasteiger partial charge in [0.2, 0.25) is 5.91 Å². The minimum atomic E-state index is -0.907. The van der Waals surface area contributed by atoms with Crippen LogP contribution in [0.3, 0.4) is 0 Å². The zero-order valence-electron chi connectivity index (χ0n) is 24.4. The second kappa shape index (κ2) is 15.2. The Morgan fingerprint density at radius 2 is 1.47 bits per heavy atom. The van der Waals surface area contributed by atoms with Gasteiger partial charge in [0.05, 0.1) is 18.8 Å². The second-order valence-corrected chi connectivity index (χ2v) is 11.3. The molecule has 0 radical (unpaired) electrons. The molecule has 2 heterocycles. The predicted octanol–water partition coefficient (Wildman–Crippen LogP) is 4.74. The molecule has 0 bridgehead atoms. The first-order chi connectivity index (χ1) is 20.9. The molecular formula is C34H41N3O6. The molecule has 0 saturated carbocycles. The summed E-state index contributed by atoms with van der Waals surface area (Å²) in [5.74, 6) is -1.12. The molecule has 228 valence electrons. The zero-order chi connectivity index (χ0) is 30.0. The summed E-state index contributed by atoms with van der Waals surface area (Å²) in [6, 6.07) is 25.9. The van der Waals surface area contributed by atoms with Crippen LogP contribution in [0.4, 0.5) is 5.69 Å². The summed E-state index contributed by atoms with van der Waals surface area (Å²) in [7, 11) is 0. The Kier molecular flexibility index (Phi) is 10.9. The van der Waals surface area contributed by atoms with Gasteiger partial charge in [-0.1, -0.05) is 66.7 Å². The third-order valence-corrected chi connectivity index (χ3v) is 8.05. The van der Waals surface area contributed by atoms with E-state index in [0.29, 0.717) is 12.1 Å². The SMILES string of the molecule is O=C(O)CCCC(=O)Nc1ccc([C@H]2O[C@@H](CN3CCN(Cc4ccccc4)CC3)C[C@@H](c3ccc(CO)cc3)O2)cc1. The highest BCUT2D eigenvalue weighted by Gasteiger charge is 2.33. The lowest BCUT2D eigenvalue weighted by molar-refractivity contribution is -0.253. The summed E-state index contributed by atoms with van der Waals surface area (Å²) in [5, 5.41) is 21.1. The smallest absolute Gasteiger partial charge is 0.303 e. The number of anilines is 1. The summed E-state index contributed by atoms with van der Waals surface area (Å²) < 4.78 is 13.0. The average molecular weight is 588 g/mol. The van der Waals surface area contributed by atoms with Gasteiger partial charge in [-0.05, 0) is 35.2 Å². The van der Waals surface area contributed by atoms with E-state index in [1.807, 2.05) is 48.5 Å². The van der Waals surface area contributed by atoms with Crippen LogP contribution in [-0.2, 0) is 32.2 Å². The first kappa shape index (κ1) is 30.8. The summed E-state index contributed by atoms with van der Waals surface area (Å²) in [6.07, 6.45) is 0.386. The van der Waals surface area contributed by atoms with Crippen molar-refractivity contribution >= 4 is 17.6 Å². The van der Waals surface area contributed by atoms with Crippen LogP contribution in [0.2, 0.25) is 0 Å². The molecular weight excluding hydrogens is 546 g/mol. The third kappa shape index (κ3) is 9.19. The van der Waals surface area contributed by atoms with Crippen LogP contribution in [-0.4, -0.2) is 70.7 Å². The molecule has 3 atom stereocenters. The Balaban J connectivity index is 1.21. The molecule has 2 fully saturated rings. The highest BCUT2D eigenvalue weighted by Crippen LogP contribution is 2.38. The monoisotopic (exact) mass is 587 g/mol. The van der Waals surface area contributed by atoms with Gasteiger partial charge in [0.1, 0.15) is 0 Å². The molecule has 3 aromatic rings. The maximum Gasteiger partial charge on any atom is 0.303 e. The fourth-order valence-corrected chi connectivity index (χ4v) is 5.64. The molecule has 0 spiro atoms. The summed E-state index contributed by atoms with van der Waals surface area (Å²) in [4.78, 5) is 27.9. The molecule has 0 unspecified atom stereocenters. The van der Waals surface area contributed by atoms with Gasteiger partial charge in [0.25, 0.3) is 0 Å². The van der Waals surface area contributed by atoms with E-state index in [1.165, 1.54) is 5.56 Å². The first-order valence-electron chi connectivity index (χ1n) is 15.1. The summed E-state index contributed by atoms with van der Waals surface area (Å²) in [6.45, 7) is 5.76. The molecule has 3 N–H and O–H groups in total. The van der Waals surface area contributed by atoms with Crippen molar-refractivity contribution in [3.05, 3.63) is 101 Å². The largest absolute Gasteiger partial charge is 0.481 e. The lowest BCUT2D eigenvalue weighted by Crippen LogP contribution is -2.49. The number of carbonyl (C=O) groups excluding carboxylic acids is 1. The van der Waals surface area contributed by atoms with Crippen LogP contribution in [0.25, 0.3) is 0 Å². The third-order valence-electron chi connectivity index (χ3n) is 8.05. The second-order valence-electron chi connectivity index (χ2n) is 11.3. The number of rotatable bonds is 12. The molecule has 0 aromatic heterocycles. The van der Waals surface area contributed by atoms with Crippen molar-refractivity contribution < 1.29 is 29.3 Å². The maximum atomic E-state index is 12.2. The number of piperazine rings is 1. The number of benzene rings is 3. The standard InChI is InChI=1S/C34H41N3O6/c38-24-26-9-11-27(12-10-26)31-21-30(23-37-19-17-36(18-20-37)22-25-5-2-1-3-6-25)42-34(43-31)28-13-15-29(16-14-28)35-32(39)7-4-8-33(40)41/h1-3,5-6,9-16,30-31,34,38H,4,7-8,17-24H2,(H,35,39)(H,40,41)/t30-,31+,34+/m1/s1. The van der Waals surface area contributed by atoms with Gasteiger partial charge in [0, 0.05) is 69.8 Å². The molecule has 1 amide bonds. The van der Waals surface area contributed by atoms with E-state index in [0.717, 1.165) is 62.4 Å². The number of carbonyl (C=O) groups is 2. The van der Waals surface area contributed by atoms with E-state index in [1.54, 1.807) is 0 Å². The van der Waals surface area contributed by atoms with Gasteiger partial charge >= 0.3 is 5.97 Å². The number of aliphatic hydroxyl groups excluding tert-OH is 1. The molecule has 9 heteroatoms. The molecule has 3 aromatic carbocycles. The quantitative estimate of drug-likeness (QED) is 0.279. The lowest BCUT2D eigenvalue weighted by atomic mass is 9.99. The lowest BCUT2D eigenvalue weighted by Gasteiger charge is -2.40. The Morgan fingerprint density at radius 1 is 0.791 bits per heavy atom. The molecule has 43 heavy (non-hydrogen) atoms. The number of aliphatic hydroxyl groups is 1. The van der Waals surface area contributed by atoms with Crippen LogP contribution in [0, 0.1) is 0 Å². The van der Waals surface area contributed by atoms with Gasteiger partial charge in [0.15, 0.2) is 6.29 Å². The van der Waals surface area contributed by atoms with Crippen molar-refractivity contribution in [2.24, 2.45) is 0 Å². The van der Waals surface area contributed by atoms with Crippen LogP contribution >= 0.6 is 0 Å². The number of hydrogen-bond acceptors (Lipinski definition) is 7. The number of amides is 1. The fraction of sp³-hybridized carbons (Fsp3) is 0.412. The zero-order valence-corrected chi connectivity index (χ0v) is 24.4. The number of carboxylic acid groups (broad SMARTS) is 1. The normalized spacial score (nSPS) is 21.4. The minimum Gasteiger partial charge on any atom is -0.481 e. The summed E-state index contributed by atoms with van der Waals surface area (Å²) >= 11 is 0. The predicted molar refractivity (Wildman–Crippen MR) is 163 cm³/mol. The van der Waals surface area contributed by atoms with Crippen molar-refractivity contribution in [2.75, 3.05) is 38.0 Å². The highest BCUT2D eigenvalue weighted by molar-refractivity contribution is 5.90. The topological polar surface area (TPSA) is 112 Å².